The first-order valence-electron chi connectivity index (χ1n) is 7.88. The van der Waals surface area contributed by atoms with Gasteiger partial charge in [-0.15, -0.1) is 0 Å². The summed E-state index contributed by atoms with van der Waals surface area (Å²) in [5.74, 6) is 3.21. The molecule has 1 aromatic heterocycles. The maximum atomic E-state index is 12.1. The molecule has 21 heavy (non-hydrogen) atoms. The van der Waals surface area contributed by atoms with Gasteiger partial charge in [0.1, 0.15) is 11.3 Å². The van der Waals surface area contributed by atoms with Gasteiger partial charge in [0, 0.05) is 6.04 Å². The number of furan rings is 1. The number of carbonyl (C=O) groups is 1. The van der Waals surface area contributed by atoms with Crippen molar-refractivity contribution in [3.63, 3.8) is 0 Å². The second kappa shape index (κ2) is 6.44. The fraction of sp³-hybridized carbons (Fsp3) is 0.688. The summed E-state index contributed by atoms with van der Waals surface area (Å²) in [5.41, 5.74) is 5.32. The highest BCUT2D eigenvalue weighted by molar-refractivity contribution is 7.98. The third-order valence-electron chi connectivity index (χ3n) is 4.73. The minimum Gasteiger partial charge on any atom is -0.468 e. The van der Waals surface area contributed by atoms with Crippen molar-refractivity contribution in [3.8, 4) is 0 Å². The Bertz CT molecular complexity index is 473. The van der Waals surface area contributed by atoms with Gasteiger partial charge in [0.25, 0.3) is 0 Å². The fourth-order valence-electron chi connectivity index (χ4n) is 3.44. The highest BCUT2D eigenvalue weighted by Crippen LogP contribution is 2.41. The Hall–Kier alpha value is -0.940. The van der Waals surface area contributed by atoms with Crippen molar-refractivity contribution in [1.82, 2.24) is 5.32 Å². The normalized spacial score (nSPS) is 28.9. The van der Waals surface area contributed by atoms with Crippen LogP contribution in [0.1, 0.15) is 44.3 Å². The van der Waals surface area contributed by atoms with Crippen LogP contribution in [-0.4, -0.2) is 23.2 Å². The standard InChI is InChI=1S/C16H24N2O2S/c17-15(19)16(18-13-5-6-13)8-1-3-12(16)7-10-21-11-14-4-2-9-20-14/h2,4,9,12-13,18H,1,3,5-8,10-11H2,(H2,17,19). The molecule has 3 N–H and O–H groups in total. The summed E-state index contributed by atoms with van der Waals surface area (Å²) in [4.78, 5) is 12.1. The van der Waals surface area contributed by atoms with Crippen LogP contribution in [0.4, 0.5) is 0 Å². The van der Waals surface area contributed by atoms with E-state index < -0.39 is 5.54 Å². The first-order valence-corrected chi connectivity index (χ1v) is 9.04. The average Bonchev–Trinajstić information content (AvgIpc) is 2.97. The SMILES string of the molecule is NC(=O)C1(NC2CC2)CCCC1CCSCc1ccco1. The van der Waals surface area contributed by atoms with E-state index in [0.29, 0.717) is 12.0 Å². The van der Waals surface area contributed by atoms with Crippen molar-refractivity contribution in [2.45, 2.75) is 55.9 Å². The lowest BCUT2D eigenvalue weighted by Crippen LogP contribution is -2.58. The predicted octanol–water partition coefficient (Wildman–Crippen LogP) is 2.68. The van der Waals surface area contributed by atoms with Gasteiger partial charge in [-0.05, 0) is 55.9 Å². The number of primary amides is 1. The molecule has 1 heterocycles. The van der Waals surface area contributed by atoms with Crippen LogP contribution in [0.2, 0.25) is 0 Å². The fourth-order valence-corrected chi connectivity index (χ4v) is 4.40. The third-order valence-corrected chi connectivity index (χ3v) is 5.75. The van der Waals surface area contributed by atoms with Gasteiger partial charge >= 0.3 is 0 Å². The van der Waals surface area contributed by atoms with E-state index in [1.54, 1.807) is 6.26 Å². The van der Waals surface area contributed by atoms with E-state index in [1.807, 2.05) is 23.9 Å². The number of rotatable bonds is 8. The number of nitrogens with one attached hydrogen (secondary N) is 1. The Morgan fingerprint density at radius 3 is 3.00 bits per heavy atom. The molecule has 0 radical (unpaired) electrons. The van der Waals surface area contributed by atoms with Crippen molar-refractivity contribution >= 4 is 17.7 Å². The van der Waals surface area contributed by atoms with Crippen molar-refractivity contribution in [2.75, 3.05) is 5.75 Å². The molecule has 1 amide bonds. The molecular weight excluding hydrogens is 284 g/mol. The van der Waals surface area contributed by atoms with Crippen LogP contribution in [0.15, 0.2) is 22.8 Å². The van der Waals surface area contributed by atoms with Crippen LogP contribution < -0.4 is 11.1 Å². The molecule has 2 unspecified atom stereocenters. The van der Waals surface area contributed by atoms with Gasteiger partial charge in [-0.25, -0.2) is 0 Å². The molecule has 2 fully saturated rings. The molecule has 0 spiro atoms. The highest BCUT2D eigenvalue weighted by atomic mass is 32.2. The lowest BCUT2D eigenvalue weighted by Gasteiger charge is -2.34. The summed E-state index contributed by atoms with van der Waals surface area (Å²) < 4.78 is 5.34. The molecule has 2 saturated carbocycles. The minimum atomic E-state index is -0.438. The smallest absolute Gasteiger partial charge is 0.238 e. The molecular formula is C16H24N2O2S. The van der Waals surface area contributed by atoms with Crippen LogP contribution in [0.3, 0.4) is 0 Å². The molecule has 3 rings (SSSR count). The summed E-state index contributed by atoms with van der Waals surface area (Å²) >= 11 is 1.87. The largest absolute Gasteiger partial charge is 0.468 e. The molecule has 5 heteroatoms. The zero-order valence-electron chi connectivity index (χ0n) is 12.3. The maximum absolute atomic E-state index is 12.1. The van der Waals surface area contributed by atoms with Crippen molar-refractivity contribution in [1.29, 1.82) is 0 Å². The molecule has 116 valence electrons. The Kier molecular flexibility index (Phi) is 4.60. The van der Waals surface area contributed by atoms with E-state index >= 15 is 0 Å². The van der Waals surface area contributed by atoms with E-state index in [-0.39, 0.29) is 5.91 Å². The number of carbonyl (C=O) groups excluding carboxylic acids is 1. The number of hydrogen-bond acceptors (Lipinski definition) is 4. The molecule has 4 nitrogen and oxygen atoms in total. The van der Waals surface area contributed by atoms with Gasteiger partial charge < -0.3 is 15.5 Å². The summed E-state index contributed by atoms with van der Waals surface area (Å²) in [6.45, 7) is 0. The molecule has 2 atom stereocenters. The predicted molar refractivity (Wildman–Crippen MR) is 84.9 cm³/mol. The summed E-state index contributed by atoms with van der Waals surface area (Å²) in [5, 5.41) is 3.57. The van der Waals surface area contributed by atoms with Gasteiger partial charge in [0.15, 0.2) is 0 Å². The maximum Gasteiger partial charge on any atom is 0.238 e. The van der Waals surface area contributed by atoms with Crippen LogP contribution in [-0.2, 0) is 10.5 Å². The van der Waals surface area contributed by atoms with Crippen LogP contribution in [0.25, 0.3) is 0 Å². The second-order valence-corrected chi connectivity index (χ2v) is 7.37. The molecule has 1 aromatic rings. The van der Waals surface area contributed by atoms with E-state index in [9.17, 15) is 4.79 Å². The van der Waals surface area contributed by atoms with Crippen molar-refractivity contribution < 1.29 is 9.21 Å². The molecule has 2 aliphatic carbocycles. The van der Waals surface area contributed by atoms with E-state index in [2.05, 4.69) is 5.32 Å². The van der Waals surface area contributed by atoms with Gasteiger partial charge in [-0.1, -0.05) is 6.42 Å². The second-order valence-electron chi connectivity index (χ2n) is 6.26. The first kappa shape index (κ1) is 15.0. The van der Waals surface area contributed by atoms with E-state index in [0.717, 1.165) is 42.9 Å². The Labute approximate surface area is 130 Å². The summed E-state index contributed by atoms with van der Waals surface area (Å²) in [6, 6.07) is 4.45. The van der Waals surface area contributed by atoms with Gasteiger partial charge in [0.2, 0.25) is 5.91 Å². The molecule has 2 aliphatic rings. The zero-order chi connectivity index (χ0) is 14.7. The van der Waals surface area contributed by atoms with Gasteiger partial charge in [0.05, 0.1) is 12.0 Å². The van der Waals surface area contributed by atoms with E-state index in [4.69, 9.17) is 10.2 Å². The molecule has 0 aliphatic heterocycles. The van der Waals surface area contributed by atoms with Gasteiger partial charge in [-0.3, -0.25) is 4.79 Å². The monoisotopic (exact) mass is 308 g/mol. The first-order chi connectivity index (χ1) is 10.2. The topological polar surface area (TPSA) is 68.3 Å². The lowest BCUT2D eigenvalue weighted by molar-refractivity contribution is -0.126. The van der Waals surface area contributed by atoms with Gasteiger partial charge in [-0.2, -0.15) is 11.8 Å². The van der Waals surface area contributed by atoms with Crippen LogP contribution in [0, 0.1) is 5.92 Å². The number of hydrogen-bond donors (Lipinski definition) is 2. The summed E-state index contributed by atoms with van der Waals surface area (Å²) in [7, 11) is 0. The minimum absolute atomic E-state index is 0.145. The Morgan fingerprint density at radius 2 is 2.33 bits per heavy atom. The quantitative estimate of drug-likeness (QED) is 0.725. The summed E-state index contributed by atoms with van der Waals surface area (Å²) in [6.07, 6.45) is 8.27. The van der Waals surface area contributed by atoms with Crippen LogP contribution in [0.5, 0.6) is 0 Å². The number of thioether (sulfide) groups is 1. The highest BCUT2D eigenvalue weighted by Gasteiger charge is 2.49. The number of amides is 1. The van der Waals surface area contributed by atoms with Crippen LogP contribution >= 0.6 is 11.8 Å². The Balaban J connectivity index is 1.51. The lowest BCUT2D eigenvalue weighted by atomic mass is 9.84. The average molecular weight is 308 g/mol. The third kappa shape index (κ3) is 3.46. The number of nitrogens with two attached hydrogens (primary N) is 1. The van der Waals surface area contributed by atoms with E-state index in [1.165, 1.54) is 12.8 Å². The molecule has 0 bridgehead atoms. The van der Waals surface area contributed by atoms with Crippen molar-refractivity contribution in [3.05, 3.63) is 24.2 Å². The molecule has 0 saturated heterocycles. The zero-order valence-corrected chi connectivity index (χ0v) is 13.2. The Morgan fingerprint density at radius 1 is 1.48 bits per heavy atom. The van der Waals surface area contributed by atoms with Crippen molar-refractivity contribution in [2.24, 2.45) is 11.7 Å². The molecule has 0 aromatic carbocycles.